The van der Waals surface area contributed by atoms with Crippen molar-refractivity contribution in [2.75, 3.05) is 19.3 Å². The van der Waals surface area contributed by atoms with Gasteiger partial charge in [-0.2, -0.15) is 0 Å². The predicted octanol–water partition coefficient (Wildman–Crippen LogP) is 1.66. The Bertz CT molecular complexity index is 825. The third-order valence-corrected chi connectivity index (χ3v) is 5.03. The number of piperazine rings is 1. The number of benzene rings is 1. The van der Waals surface area contributed by atoms with E-state index >= 15 is 0 Å². The molecule has 2 N–H and O–H groups in total. The van der Waals surface area contributed by atoms with E-state index in [1.165, 1.54) is 34.9 Å². The highest BCUT2D eigenvalue weighted by Crippen LogP contribution is 2.24. The molecule has 138 valence electrons. The maximum Gasteiger partial charge on any atom is 0.318 e. The van der Waals surface area contributed by atoms with Crippen LogP contribution in [-0.4, -0.2) is 45.7 Å². The van der Waals surface area contributed by atoms with Crippen molar-refractivity contribution in [2.45, 2.75) is 17.7 Å². The molecule has 0 spiro atoms. The van der Waals surface area contributed by atoms with Gasteiger partial charge in [-0.1, -0.05) is 23.9 Å². The van der Waals surface area contributed by atoms with Crippen molar-refractivity contribution in [1.82, 2.24) is 25.1 Å². The first-order chi connectivity index (χ1) is 12.5. The number of halogens is 1. The molecule has 1 aliphatic rings. The molecule has 1 atom stereocenters. The van der Waals surface area contributed by atoms with Crippen molar-refractivity contribution in [3.8, 4) is 0 Å². The highest BCUT2D eigenvalue weighted by Gasteiger charge is 2.34. The van der Waals surface area contributed by atoms with Gasteiger partial charge in [0.1, 0.15) is 11.9 Å². The molecule has 3 rings (SSSR count). The summed E-state index contributed by atoms with van der Waals surface area (Å²) in [5.41, 5.74) is 1.30. The Morgan fingerprint density at radius 2 is 2.31 bits per heavy atom. The lowest BCUT2D eigenvalue weighted by atomic mass is 10.0. The molecule has 3 amide bonds. The summed E-state index contributed by atoms with van der Waals surface area (Å²) in [7, 11) is 1.88. The van der Waals surface area contributed by atoms with Gasteiger partial charge in [0, 0.05) is 20.1 Å². The lowest BCUT2D eigenvalue weighted by Crippen LogP contribution is -2.54. The number of urea groups is 1. The number of amides is 3. The minimum Gasteiger partial charge on any atom is -0.352 e. The molecule has 1 fully saturated rings. The van der Waals surface area contributed by atoms with E-state index in [-0.39, 0.29) is 18.5 Å². The Morgan fingerprint density at radius 3 is 3.00 bits per heavy atom. The average molecular weight is 377 g/mol. The molecule has 0 radical (unpaired) electrons. The molecule has 7 nitrogen and oxygen atoms in total. The molecule has 2 aromatic rings. The number of nitrogens with zero attached hydrogens (tertiary/aromatic N) is 3. The first kappa shape index (κ1) is 18.2. The van der Waals surface area contributed by atoms with Gasteiger partial charge >= 0.3 is 6.03 Å². The Hall–Kier alpha value is -2.55. The quantitative estimate of drug-likeness (QED) is 0.795. The highest BCUT2D eigenvalue weighted by molar-refractivity contribution is 7.98. The first-order valence-corrected chi connectivity index (χ1v) is 9.36. The fraction of sp³-hybridized carbons (Fsp3) is 0.353. The fourth-order valence-electron chi connectivity index (χ4n) is 2.94. The molecule has 0 saturated carbocycles. The molecule has 1 aromatic heterocycles. The molecule has 1 saturated heterocycles. The Kier molecular flexibility index (Phi) is 5.46. The largest absolute Gasteiger partial charge is 0.352 e. The van der Waals surface area contributed by atoms with Gasteiger partial charge in [0.25, 0.3) is 0 Å². The zero-order valence-corrected chi connectivity index (χ0v) is 15.3. The summed E-state index contributed by atoms with van der Waals surface area (Å²) in [6.07, 6.45) is 3.64. The van der Waals surface area contributed by atoms with Crippen LogP contribution < -0.4 is 10.6 Å². The van der Waals surface area contributed by atoms with Crippen molar-refractivity contribution in [2.24, 2.45) is 7.05 Å². The van der Waals surface area contributed by atoms with Gasteiger partial charge in [-0.05, 0) is 24.0 Å². The summed E-state index contributed by atoms with van der Waals surface area (Å²) in [6.45, 7) is 0.998. The number of imidazole rings is 1. The lowest BCUT2D eigenvalue weighted by molar-refractivity contribution is -0.127. The van der Waals surface area contributed by atoms with Crippen molar-refractivity contribution < 1.29 is 14.0 Å². The van der Waals surface area contributed by atoms with Gasteiger partial charge in [0.15, 0.2) is 5.16 Å². The summed E-state index contributed by atoms with van der Waals surface area (Å²) in [5, 5.41) is 6.40. The average Bonchev–Trinajstić information content (AvgIpc) is 2.99. The van der Waals surface area contributed by atoms with Gasteiger partial charge in [0.05, 0.1) is 18.4 Å². The van der Waals surface area contributed by atoms with Gasteiger partial charge < -0.3 is 20.1 Å². The normalized spacial score (nSPS) is 17.1. The van der Waals surface area contributed by atoms with Gasteiger partial charge in [-0.25, -0.2) is 14.2 Å². The number of thioether (sulfide) groups is 1. The van der Waals surface area contributed by atoms with Crippen LogP contribution in [0.4, 0.5) is 9.18 Å². The van der Waals surface area contributed by atoms with Crippen LogP contribution in [0.15, 0.2) is 35.6 Å². The topological polar surface area (TPSA) is 79.3 Å². The molecule has 0 unspecified atom stereocenters. The molecule has 9 heteroatoms. The molecule has 1 aliphatic heterocycles. The van der Waals surface area contributed by atoms with Crippen LogP contribution in [0.5, 0.6) is 0 Å². The van der Waals surface area contributed by atoms with Crippen LogP contribution in [-0.2, 0) is 18.4 Å². The standard InChI is InChI=1S/C17H20FN5O2S/c1-22-13(10-21-17(22)26-2)9-20-16(25)23-7-6-19-15(24)14(23)11-4-3-5-12(18)8-11/h3-5,8,10,14H,6-7,9H2,1-2H3,(H,19,24)(H,20,25)/t14-/m1/s1. The second-order valence-electron chi connectivity index (χ2n) is 5.90. The summed E-state index contributed by atoms with van der Waals surface area (Å²) in [4.78, 5) is 30.7. The van der Waals surface area contributed by atoms with Crippen molar-refractivity contribution in [1.29, 1.82) is 0 Å². The van der Waals surface area contributed by atoms with E-state index in [1.807, 2.05) is 17.9 Å². The number of aromatic nitrogens is 2. The van der Waals surface area contributed by atoms with Crippen molar-refractivity contribution in [3.05, 3.63) is 47.5 Å². The van der Waals surface area contributed by atoms with Crippen molar-refractivity contribution in [3.63, 3.8) is 0 Å². The molecule has 26 heavy (non-hydrogen) atoms. The van der Waals surface area contributed by atoms with E-state index < -0.39 is 11.9 Å². The van der Waals surface area contributed by atoms with Gasteiger partial charge in [-0.15, -0.1) is 0 Å². The number of carbonyl (C=O) groups excluding carboxylic acids is 2. The monoisotopic (exact) mass is 377 g/mol. The number of hydrogen-bond donors (Lipinski definition) is 2. The van der Waals surface area contributed by atoms with Crippen LogP contribution in [0.2, 0.25) is 0 Å². The number of hydrogen-bond acceptors (Lipinski definition) is 4. The van der Waals surface area contributed by atoms with Crippen molar-refractivity contribution >= 4 is 23.7 Å². The Morgan fingerprint density at radius 1 is 1.50 bits per heavy atom. The zero-order valence-electron chi connectivity index (χ0n) is 14.5. The summed E-state index contributed by atoms with van der Waals surface area (Å²) in [6, 6.07) is 4.53. The first-order valence-electron chi connectivity index (χ1n) is 8.13. The van der Waals surface area contributed by atoms with E-state index in [2.05, 4.69) is 15.6 Å². The maximum absolute atomic E-state index is 13.6. The van der Waals surface area contributed by atoms with Crippen LogP contribution in [0.1, 0.15) is 17.3 Å². The number of nitrogens with one attached hydrogen (secondary N) is 2. The minimum atomic E-state index is -0.854. The van der Waals surface area contributed by atoms with E-state index in [0.29, 0.717) is 18.7 Å². The Labute approximate surface area is 155 Å². The van der Waals surface area contributed by atoms with E-state index in [4.69, 9.17) is 0 Å². The summed E-state index contributed by atoms with van der Waals surface area (Å²) < 4.78 is 15.5. The molecule has 2 heterocycles. The fourth-order valence-corrected chi connectivity index (χ4v) is 3.49. The van der Waals surface area contributed by atoms with Gasteiger partial charge in [0.2, 0.25) is 5.91 Å². The maximum atomic E-state index is 13.6. The van der Waals surface area contributed by atoms with E-state index in [0.717, 1.165) is 10.9 Å². The molecule has 0 aliphatic carbocycles. The van der Waals surface area contributed by atoms with E-state index in [1.54, 1.807) is 12.3 Å². The SMILES string of the molecule is CSc1ncc(CNC(=O)N2CCNC(=O)[C@H]2c2cccc(F)c2)n1C. The molecular formula is C17H20FN5O2S. The molecule has 1 aromatic carbocycles. The third kappa shape index (κ3) is 3.67. The molecule has 0 bridgehead atoms. The second-order valence-corrected chi connectivity index (χ2v) is 6.67. The molecular weight excluding hydrogens is 357 g/mol. The second kappa shape index (κ2) is 7.77. The van der Waals surface area contributed by atoms with E-state index in [9.17, 15) is 14.0 Å². The van der Waals surface area contributed by atoms with Crippen LogP contribution in [0, 0.1) is 5.82 Å². The Balaban J connectivity index is 1.75. The smallest absolute Gasteiger partial charge is 0.318 e. The van der Waals surface area contributed by atoms with Crippen LogP contribution >= 0.6 is 11.8 Å². The predicted molar refractivity (Wildman–Crippen MR) is 96.1 cm³/mol. The summed E-state index contributed by atoms with van der Waals surface area (Å²) in [5.74, 6) is -0.761. The lowest BCUT2D eigenvalue weighted by Gasteiger charge is -2.35. The summed E-state index contributed by atoms with van der Waals surface area (Å²) >= 11 is 1.52. The third-order valence-electron chi connectivity index (χ3n) is 4.28. The van der Waals surface area contributed by atoms with Crippen LogP contribution in [0.25, 0.3) is 0 Å². The number of rotatable bonds is 4. The van der Waals surface area contributed by atoms with Crippen LogP contribution in [0.3, 0.4) is 0 Å². The minimum absolute atomic E-state index is 0.289. The van der Waals surface area contributed by atoms with Gasteiger partial charge in [-0.3, -0.25) is 4.79 Å². The highest BCUT2D eigenvalue weighted by atomic mass is 32.2. The number of carbonyl (C=O) groups is 2. The zero-order chi connectivity index (χ0) is 18.7.